The van der Waals surface area contributed by atoms with E-state index in [9.17, 15) is 4.79 Å². The van der Waals surface area contributed by atoms with E-state index in [2.05, 4.69) is 0 Å². The van der Waals surface area contributed by atoms with E-state index in [0.29, 0.717) is 5.56 Å². The maximum Gasteiger partial charge on any atom is 0.255 e. The Balaban J connectivity index is 2.48. The average Bonchev–Trinajstić information content (AvgIpc) is 2.46. The molecule has 22 heavy (non-hydrogen) atoms. The Morgan fingerprint density at radius 1 is 1.05 bits per heavy atom. The fraction of sp³-hybridized carbons (Fsp3) is 0.389. The van der Waals surface area contributed by atoms with Crippen LogP contribution < -0.4 is 16.0 Å². The van der Waals surface area contributed by atoms with E-state index < -0.39 is 0 Å². The lowest BCUT2D eigenvalue weighted by molar-refractivity contribution is 0.242. The van der Waals surface area contributed by atoms with Gasteiger partial charge in [-0.2, -0.15) is 0 Å². The van der Waals surface area contributed by atoms with Gasteiger partial charge in [0.1, 0.15) is 5.75 Å². The molecule has 0 saturated carbocycles. The molecule has 0 amide bonds. The molecule has 1 heterocycles. The van der Waals surface area contributed by atoms with Gasteiger partial charge in [-0.15, -0.1) is 0 Å². The second kappa shape index (κ2) is 6.79. The zero-order valence-corrected chi connectivity index (χ0v) is 13.7. The first-order valence-corrected chi connectivity index (χ1v) is 7.65. The SMILES string of the molecule is CC(C)Oc1ccc(-c2ccc(CN)c(=O)n2C(C)C)cc1. The Bertz CT molecular complexity index is 685. The molecule has 0 radical (unpaired) electrons. The molecular weight excluding hydrogens is 276 g/mol. The lowest BCUT2D eigenvalue weighted by Crippen LogP contribution is -2.27. The summed E-state index contributed by atoms with van der Waals surface area (Å²) >= 11 is 0. The summed E-state index contributed by atoms with van der Waals surface area (Å²) in [4.78, 5) is 12.5. The van der Waals surface area contributed by atoms with Crippen LogP contribution in [0.15, 0.2) is 41.2 Å². The van der Waals surface area contributed by atoms with Crippen molar-refractivity contribution >= 4 is 0 Å². The van der Waals surface area contributed by atoms with Crippen LogP contribution in [0, 0.1) is 0 Å². The van der Waals surface area contributed by atoms with Gasteiger partial charge in [-0.05, 0) is 63.6 Å². The van der Waals surface area contributed by atoms with Gasteiger partial charge in [-0.25, -0.2) is 0 Å². The molecule has 0 spiro atoms. The Kier molecular flexibility index (Phi) is 5.03. The predicted molar refractivity (Wildman–Crippen MR) is 90.2 cm³/mol. The third-order valence-electron chi connectivity index (χ3n) is 3.45. The van der Waals surface area contributed by atoms with Crippen molar-refractivity contribution in [2.45, 2.75) is 46.4 Å². The average molecular weight is 300 g/mol. The van der Waals surface area contributed by atoms with Crippen molar-refractivity contribution in [1.82, 2.24) is 4.57 Å². The first kappa shape index (κ1) is 16.3. The first-order valence-electron chi connectivity index (χ1n) is 7.65. The maximum absolute atomic E-state index is 12.5. The van der Waals surface area contributed by atoms with Crippen molar-refractivity contribution in [3.8, 4) is 17.0 Å². The maximum atomic E-state index is 12.5. The third kappa shape index (κ3) is 3.39. The van der Waals surface area contributed by atoms with Crippen LogP contribution in [-0.2, 0) is 6.54 Å². The van der Waals surface area contributed by atoms with Crippen molar-refractivity contribution < 1.29 is 4.74 Å². The number of aromatic nitrogens is 1. The van der Waals surface area contributed by atoms with Crippen LogP contribution in [0.4, 0.5) is 0 Å². The largest absolute Gasteiger partial charge is 0.491 e. The number of hydrogen-bond donors (Lipinski definition) is 1. The highest BCUT2D eigenvalue weighted by Gasteiger charge is 2.12. The molecular formula is C18H24N2O2. The lowest BCUT2D eigenvalue weighted by Gasteiger charge is -2.18. The van der Waals surface area contributed by atoms with Gasteiger partial charge < -0.3 is 15.0 Å². The van der Waals surface area contributed by atoms with E-state index in [4.69, 9.17) is 10.5 Å². The van der Waals surface area contributed by atoms with E-state index >= 15 is 0 Å². The summed E-state index contributed by atoms with van der Waals surface area (Å²) in [6, 6.07) is 11.7. The van der Waals surface area contributed by atoms with Crippen LogP contribution in [0.25, 0.3) is 11.3 Å². The van der Waals surface area contributed by atoms with Crippen LogP contribution in [0.5, 0.6) is 5.75 Å². The molecule has 1 aromatic carbocycles. The lowest BCUT2D eigenvalue weighted by atomic mass is 10.1. The third-order valence-corrected chi connectivity index (χ3v) is 3.45. The van der Waals surface area contributed by atoms with Gasteiger partial charge in [0.15, 0.2) is 0 Å². The molecule has 4 heteroatoms. The highest BCUT2D eigenvalue weighted by Crippen LogP contribution is 2.24. The van der Waals surface area contributed by atoms with Crippen molar-refractivity contribution in [3.63, 3.8) is 0 Å². The smallest absolute Gasteiger partial charge is 0.255 e. The van der Waals surface area contributed by atoms with Crippen molar-refractivity contribution in [2.24, 2.45) is 5.73 Å². The molecule has 118 valence electrons. The van der Waals surface area contributed by atoms with Gasteiger partial charge in [-0.3, -0.25) is 4.79 Å². The number of benzene rings is 1. The molecule has 0 aliphatic heterocycles. The Morgan fingerprint density at radius 3 is 2.18 bits per heavy atom. The summed E-state index contributed by atoms with van der Waals surface area (Å²) in [5.41, 5.74) is 8.15. The minimum Gasteiger partial charge on any atom is -0.491 e. The van der Waals surface area contributed by atoms with Crippen molar-refractivity contribution in [1.29, 1.82) is 0 Å². The Labute approximate surface area is 131 Å². The predicted octanol–water partition coefficient (Wildman–Crippen LogP) is 3.34. The van der Waals surface area contributed by atoms with Crippen LogP contribution in [0.2, 0.25) is 0 Å². The standard InChI is InChI=1S/C18H24N2O2/c1-12(2)20-17(10-7-15(11-19)18(20)21)14-5-8-16(9-6-14)22-13(3)4/h5-10,12-13H,11,19H2,1-4H3. The van der Waals surface area contributed by atoms with Crippen LogP contribution >= 0.6 is 0 Å². The van der Waals surface area contributed by atoms with Gasteiger partial charge >= 0.3 is 0 Å². The molecule has 4 nitrogen and oxygen atoms in total. The molecule has 2 aromatic rings. The fourth-order valence-corrected chi connectivity index (χ4v) is 2.48. The van der Waals surface area contributed by atoms with Gasteiger partial charge in [0, 0.05) is 18.2 Å². The summed E-state index contributed by atoms with van der Waals surface area (Å²) in [5.74, 6) is 0.829. The second-order valence-corrected chi connectivity index (χ2v) is 5.91. The molecule has 0 atom stereocenters. The molecule has 0 aliphatic rings. The summed E-state index contributed by atoms with van der Waals surface area (Å²) in [6.07, 6.45) is 0.142. The van der Waals surface area contributed by atoms with E-state index in [0.717, 1.165) is 17.0 Å². The molecule has 0 aliphatic carbocycles. The minimum absolute atomic E-state index is 0.0162. The highest BCUT2D eigenvalue weighted by atomic mass is 16.5. The zero-order valence-electron chi connectivity index (χ0n) is 13.7. The minimum atomic E-state index is -0.0162. The number of nitrogens with two attached hydrogens (primary N) is 1. The molecule has 0 unspecified atom stereocenters. The van der Waals surface area contributed by atoms with E-state index in [1.54, 1.807) is 4.57 Å². The fourth-order valence-electron chi connectivity index (χ4n) is 2.48. The summed E-state index contributed by atoms with van der Waals surface area (Å²) < 4.78 is 7.45. The van der Waals surface area contributed by atoms with Gasteiger partial charge in [0.05, 0.1) is 11.8 Å². The molecule has 1 aromatic heterocycles. The number of ether oxygens (including phenoxy) is 1. The normalized spacial score (nSPS) is 11.2. The summed E-state index contributed by atoms with van der Waals surface area (Å²) in [7, 11) is 0. The molecule has 0 bridgehead atoms. The van der Waals surface area contributed by atoms with Gasteiger partial charge in [0.2, 0.25) is 0 Å². The Morgan fingerprint density at radius 2 is 1.68 bits per heavy atom. The topological polar surface area (TPSA) is 57.2 Å². The van der Waals surface area contributed by atoms with Crippen LogP contribution in [-0.4, -0.2) is 10.7 Å². The number of hydrogen-bond acceptors (Lipinski definition) is 3. The second-order valence-electron chi connectivity index (χ2n) is 5.91. The van der Waals surface area contributed by atoms with E-state index in [1.807, 2.05) is 64.1 Å². The molecule has 0 saturated heterocycles. The monoisotopic (exact) mass is 300 g/mol. The van der Waals surface area contributed by atoms with E-state index in [-0.39, 0.29) is 24.2 Å². The molecule has 2 N–H and O–H groups in total. The van der Waals surface area contributed by atoms with Gasteiger partial charge in [-0.1, -0.05) is 6.07 Å². The molecule has 2 rings (SSSR count). The number of pyridine rings is 1. The first-order chi connectivity index (χ1) is 10.4. The van der Waals surface area contributed by atoms with Gasteiger partial charge in [0.25, 0.3) is 5.56 Å². The van der Waals surface area contributed by atoms with Crippen LogP contribution in [0.3, 0.4) is 0 Å². The van der Waals surface area contributed by atoms with Crippen LogP contribution in [0.1, 0.15) is 39.3 Å². The zero-order chi connectivity index (χ0) is 16.3. The van der Waals surface area contributed by atoms with Crippen molar-refractivity contribution in [3.05, 3.63) is 52.3 Å². The van der Waals surface area contributed by atoms with E-state index in [1.165, 1.54) is 0 Å². The Hall–Kier alpha value is -2.07. The molecule has 0 fully saturated rings. The quantitative estimate of drug-likeness (QED) is 0.921. The number of rotatable bonds is 5. The summed E-state index contributed by atoms with van der Waals surface area (Å²) in [5, 5.41) is 0. The van der Waals surface area contributed by atoms with Crippen molar-refractivity contribution in [2.75, 3.05) is 0 Å². The summed E-state index contributed by atoms with van der Waals surface area (Å²) in [6.45, 7) is 8.25. The number of nitrogens with zero attached hydrogens (tertiary/aromatic N) is 1. The highest BCUT2D eigenvalue weighted by molar-refractivity contribution is 5.61.